The zero-order valence-electron chi connectivity index (χ0n) is 12.8. The van der Waals surface area contributed by atoms with Crippen LogP contribution >= 0.6 is 0 Å². The number of phenols is 2. The Balaban J connectivity index is 0.000000166. The van der Waals surface area contributed by atoms with Crippen LogP contribution in [0, 0.1) is 0 Å². The van der Waals surface area contributed by atoms with Crippen molar-refractivity contribution in [3.63, 3.8) is 0 Å². The van der Waals surface area contributed by atoms with E-state index >= 15 is 0 Å². The van der Waals surface area contributed by atoms with Gasteiger partial charge in [0.15, 0.2) is 0 Å². The molecule has 0 atom stereocenters. The van der Waals surface area contributed by atoms with Gasteiger partial charge in [-0.25, -0.2) is 0 Å². The van der Waals surface area contributed by atoms with Gasteiger partial charge in [0.05, 0.1) is 0 Å². The molecule has 114 valence electrons. The normalized spacial score (nSPS) is 8.77. The highest BCUT2D eigenvalue weighted by atomic mass is 16.3. The van der Waals surface area contributed by atoms with E-state index in [1.54, 1.807) is 48.5 Å². The molecule has 0 bridgehead atoms. The van der Waals surface area contributed by atoms with Gasteiger partial charge in [-0.05, 0) is 36.2 Å². The number of phenolic OH excluding ortho intramolecular Hbond substituents is 2. The van der Waals surface area contributed by atoms with Crippen LogP contribution in [0.2, 0.25) is 0 Å². The molecule has 0 aliphatic carbocycles. The summed E-state index contributed by atoms with van der Waals surface area (Å²) in [4.78, 5) is 0. The molecular formula is C20H22O2. The molecule has 0 radical (unpaired) electrons. The van der Waals surface area contributed by atoms with Crippen molar-refractivity contribution in [2.75, 3.05) is 0 Å². The van der Waals surface area contributed by atoms with E-state index in [1.807, 2.05) is 18.2 Å². The predicted molar refractivity (Wildman–Crippen MR) is 92.0 cm³/mol. The van der Waals surface area contributed by atoms with E-state index < -0.39 is 0 Å². The molecule has 0 fully saturated rings. The van der Waals surface area contributed by atoms with Crippen LogP contribution in [0.4, 0.5) is 0 Å². The number of aromatic hydroxyl groups is 2. The van der Waals surface area contributed by atoms with Crippen LogP contribution in [-0.4, -0.2) is 10.2 Å². The third-order valence-corrected chi connectivity index (χ3v) is 2.76. The second-order valence-electron chi connectivity index (χ2n) is 4.51. The minimum absolute atomic E-state index is 0.322. The Hall–Kier alpha value is -2.74. The lowest BCUT2D eigenvalue weighted by atomic mass is 10.2. The summed E-state index contributed by atoms with van der Waals surface area (Å²) >= 11 is 0. The molecule has 2 nitrogen and oxygen atoms in total. The van der Waals surface area contributed by atoms with Crippen LogP contribution in [0.25, 0.3) is 0 Å². The lowest BCUT2D eigenvalue weighted by molar-refractivity contribution is 0.475. The first-order valence-corrected chi connectivity index (χ1v) is 7.24. The first kappa shape index (κ1) is 17.3. The van der Waals surface area contributed by atoms with E-state index in [9.17, 15) is 0 Å². The molecule has 0 amide bonds. The Kier molecular flexibility index (Phi) is 8.64. The number of benzene rings is 3. The Morgan fingerprint density at radius 3 is 1.05 bits per heavy atom. The first-order valence-electron chi connectivity index (χ1n) is 7.24. The van der Waals surface area contributed by atoms with Gasteiger partial charge in [0.2, 0.25) is 0 Å². The van der Waals surface area contributed by atoms with Gasteiger partial charge in [0, 0.05) is 0 Å². The van der Waals surface area contributed by atoms with Crippen LogP contribution in [0.1, 0.15) is 12.5 Å². The molecular weight excluding hydrogens is 272 g/mol. The SMILES string of the molecule is CCc1ccccc1.Oc1ccccc1.Oc1ccccc1. The Labute approximate surface area is 132 Å². The summed E-state index contributed by atoms with van der Waals surface area (Å²) in [6, 6.07) is 27.9. The van der Waals surface area contributed by atoms with E-state index in [1.165, 1.54) is 5.56 Å². The van der Waals surface area contributed by atoms with Gasteiger partial charge >= 0.3 is 0 Å². The molecule has 2 N–H and O–H groups in total. The van der Waals surface area contributed by atoms with Crippen molar-refractivity contribution in [2.24, 2.45) is 0 Å². The standard InChI is InChI=1S/C8H10.2C6H6O/c1-2-8-6-4-3-5-7-8;2*7-6-4-2-1-3-5-6/h3-7H,2H2,1H3;2*1-5,7H. The molecule has 0 heterocycles. The minimum Gasteiger partial charge on any atom is -0.508 e. The molecule has 0 saturated carbocycles. The molecule has 3 aromatic carbocycles. The fraction of sp³-hybridized carbons (Fsp3) is 0.100. The summed E-state index contributed by atoms with van der Waals surface area (Å²) in [5, 5.41) is 17.3. The number of hydrogen-bond acceptors (Lipinski definition) is 2. The Morgan fingerprint density at radius 2 is 0.864 bits per heavy atom. The van der Waals surface area contributed by atoms with E-state index in [0.717, 1.165) is 6.42 Å². The largest absolute Gasteiger partial charge is 0.508 e. The highest BCUT2D eigenvalue weighted by Crippen LogP contribution is 2.03. The smallest absolute Gasteiger partial charge is 0.115 e. The summed E-state index contributed by atoms with van der Waals surface area (Å²) in [5.74, 6) is 0.644. The molecule has 3 aromatic rings. The molecule has 3 rings (SSSR count). The molecule has 0 saturated heterocycles. The van der Waals surface area contributed by atoms with Crippen molar-refractivity contribution in [1.82, 2.24) is 0 Å². The number of aryl methyl sites for hydroxylation is 1. The second-order valence-corrected chi connectivity index (χ2v) is 4.51. The maximum atomic E-state index is 8.63. The van der Waals surface area contributed by atoms with Crippen molar-refractivity contribution in [3.8, 4) is 11.5 Å². The summed E-state index contributed by atoms with van der Waals surface area (Å²) in [6.07, 6.45) is 1.14. The molecule has 0 aliphatic heterocycles. The molecule has 0 aliphatic rings. The van der Waals surface area contributed by atoms with Gasteiger partial charge in [-0.1, -0.05) is 73.7 Å². The van der Waals surface area contributed by atoms with Crippen molar-refractivity contribution in [1.29, 1.82) is 0 Å². The number of para-hydroxylation sites is 2. The quantitative estimate of drug-likeness (QED) is 0.660. The Bertz CT molecular complexity index is 555. The third-order valence-electron chi connectivity index (χ3n) is 2.76. The van der Waals surface area contributed by atoms with Gasteiger partial charge in [0.25, 0.3) is 0 Å². The summed E-state index contributed by atoms with van der Waals surface area (Å²) in [6.45, 7) is 2.16. The van der Waals surface area contributed by atoms with Gasteiger partial charge in [-0.3, -0.25) is 0 Å². The van der Waals surface area contributed by atoms with E-state index in [4.69, 9.17) is 10.2 Å². The zero-order chi connectivity index (χ0) is 16.0. The molecule has 0 unspecified atom stereocenters. The zero-order valence-corrected chi connectivity index (χ0v) is 12.8. The van der Waals surface area contributed by atoms with E-state index in [0.29, 0.717) is 11.5 Å². The fourth-order valence-corrected chi connectivity index (χ4v) is 1.57. The van der Waals surface area contributed by atoms with Crippen LogP contribution in [0.3, 0.4) is 0 Å². The van der Waals surface area contributed by atoms with Crippen LogP contribution in [0.5, 0.6) is 11.5 Å². The topological polar surface area (TPSA) is 40.5 Å². The highest BCUT2D eigenvalue weighted by molar-refractivity contribution is 5.19. The average molecular weight is 294 g/mol. The monoisotopic (exact) mass is 294 g/mol. The highest BCUT2D eigenvalue weighted by Gasteiger charge is 1.80. The molecule has 0 aromatic heterocycles. The van der Waals surface area contributed by atoms with Gasteiger partial charge in [-0.15, -0.1) is 0 Å². The third kappa shape index (κ3) is 8.43. The van der Waals surface area contributed by atoms with E-state index in [-0.39, 0.29) is 0 Å². The Morgan fingerprint density at radius 1 is 0.545 bits per heavy atom. The lowest BCUT2D eigenvalue weighted by Crippen LogP contribution is -1.73. The second kappa shape index (κ2) is 11.0. The number of hydrogen-bond donors (Lipinski definition) is 2. The minimum atomic E-state index is 0.322. The van der Waals surface area contributed by atoms with Gasteiger partial charge in [0.1, 0.15) is 11.5 Å². The lowest BCUT2D eigenvalue weighted by Gasteiger charge is -1.89. The van der Waals surface area contributed by atoms with Crippen molar-refractivity contribution < 1.29 is 10.2 Å². The van der Waals surface area contributed by atoms with Crippen LogP contribution in [0.15, 0.2) is 91.0 Å². The van der Waals surface area contributed by atoms with Gasteiger partial charge < -0.3 is 10.2 Å². The van der Waals surface area contributed by atoms with Crippen LogP contribution < -0.4 is 0 Å². The van der Waals surface area contributed by atoms with Crippen molar-refractivity contribution in [3.05, 3.63) is 96.6 Å². The summed E-state index contributed by atoms with van der Waals surface area (Å²) < 4.78 is 0. The molecule has 22 heavy (non-hydrogen) atoms. The van der Waals surface area contributed by atoms with Crippen LogP contribution in [-0.2, 0) is 6.42 Å². The predicted octanol–water partition coefficient (Wildman–Crippen LogP) is 5.03. The van der Waals surface area contributed by atoms with E-state index in [2.05, 4.69) is 31.2 Å². The summed E-state index contributed by atoms with van der Waals surface area (Å²) in [7, 11) is 0. The maximum absolute atomic E-state index is 8.63. The fourth-order valence-electron chi connectivity index (χ4n) is 1.57. The first-order chi connectivity index (χ1) is 10.7. The molecule has 0 spiro atoms. The molecule has 2 heteroatoms. The van der Waals surface area contributed by atoms with Crippen molar-refractivity contribution in [2.45, 2.75) is 13.3 Å². The van der Waals surface area contributed by atoms with Gasteiger partial charge in [-0.2, -0.15) is 0 Å². The average Bonchev–Trinajstić information content (AvgIpc) is 2.58. The summed E-state index contributed by atoms with van der Waals surface area (Å²) in [5.41, 5.74) is 1.41. The maximum Gasteiger partial charge on any atom is 0.115 e. The van der Waals surface area contributed by atoms with Crippen molar-refractivity contribution >= 4 is 0 Å². The number of rotatable bonds is 1.